The van der Waals surface area contributed by atoms with Crippen LogP contribution in [0.25, 0.3) is 0 Å². The monoisotopic (exact) mass is 514 g/mol. The number of hydrogen-bond acceptors (Lipinski definition) is 6. The van der Waals surface area contributed by atoms with Gasteiger partial charge in [-0.2, -0.15) is 0 Å². The van der Waals surface area contributed by atoms with E-state index in [-0.39, 0.29) is 0 Å². The van der Waals surface area contributed by atoms with Gasteiger partial charge in [0, 0.05) is 44.0 Å². The van der Waals surface area contributed by atoms with E-state index in [2.05, 4.69) is 64.9 Å². The van der Waals surface area contributed by atoms with Crippen molar-refractivity contribution in [1.29, 1.82) is 0 Å². The van der Waals surface area contributed by atoms with Crippen LogP contribution in [-0.4, -0.2) is 10.1 Å². The lowest BCUT2D eigenvalue weighted by Crippen LogP contribution is -1.91. The summed E-state index contributed by atoms with van der Waals surface area (Å²) in [5.41, 5.74) is 2.29. The van der Waals surface area contributed by atoms with Gasteiger partial charge in [-0.3, -0.25) is 0 Å². The van der Waals surface area contributed by atoms with Crippen LogP contribution in [0.5, 0.6) is 0 Å². The molecule has 2 aromatic rings. The predicted molar refractivity (Wildman–Crippen MR) is 119 cm³/mol. The molecular formula is C16H8Br2N2S4. The Kier molecular flexibility index (Phi) is 5.50. The van der Waals surface area contributed by atoms with Gasteiger partial charge in [-0.25, -0.2) is 8.80 Å². The van der Waals surface area contributed by atoms with Crippen molar-refractivity contribution in [2.24, 2.45) is 8.80 Å². The van der Waals surface area contributed by atoms with Crippen molar-refractivity contribution < 1.29 is 0 Å². The van der Waals surface area contributed by atoms with Crippen LogP contribution in [0, 0.1) is 0 Å². The quantitative estimate of drug-likeness (QED) is 0.391. The average molecular weight is 516 g/mol. The summed E-state index contributed by atoms with van der Waals surface area (Å²) < 4.78 is 13.8. The SMILES string of the molecule is Brc1ccc(C2=NS/C(=C3\SN=C(c4ccc(Br)cc4)S3)S2)cc1. The summed E-state index contributed by atoms with van der Waals surface area (Å²) in [5.74, 6) is 0. The van der Waals surface area contributed by atoms with Crippen molar-refractivity contribution in [3.8, 4) is 0 Å². The molecule has 0 unspecified atom stereocenters. The molecule has 0 saturated heterocycles. The van der Waals surface area contributed by atoms with Gasteiger partial charge in [0.1, 0.15) is 10.1 Å². The highest BCUT2D eigenvalue weighted by Crippen LogP contribution is 2.52. The second-order valence-corrected chi connectivity index (χ2v) is 10.7. The van der Waals surface area contributed by atoms with Gasteiger partial charge in [0.25, 0.3) is 0 Å². The van der Waals surface area contributed by atoms with Gasteiger partial charge in [-0.15, -0.1) is 0 Å². The van der Waals surface area contributed by atoms with E-state index in [4.69, 9.17) is 0 Å². The number of rotatable bonds is 2. The number of halogens is 2. The zero-order chi connectivity index (χ0) is 16.5. The van der Waals surface area contributed by atoms with E-state index >= 15 is 0 Å². The Morgan fingerprint density at radius 3 is 1.33 bits per heavy atom. The average Bonchev–Trinajstić information content (AvgIpc) is 3.25. The van der Waals surface area contributed by atoms with Gasteiger partial charge in [-0.05, 0) is 24.3 Å². The Bertz CT molecular complexity index is 800. The third-order valence-electron chi connectivity index (χ3n) is 3.15. The molecule has 2 heterocycles. The van der Waals surface area contributed by atoms with Crippen LogP contribution in [0.15, 0.2) is 74.7 Å². The molecular weight excluding hydrogens is 508 g/mol. The second kappa shape index (κ2) is 7.63. The van der Waals surface area contributed by atoms with Crippen molar-refractivity contribution in [2.45, 2.75) is 0 Å². The van der Waals surface area contributed by atoms with Gasteiger partial charge in [0.05, 0.1) is 8.47 Å². The Balaban J connectivity index is 1.48. The highest BCUT2D eigenvalue weighted by molar-refractivity contribution is 9.10. The molecule has 2 nitrogen and oxygen atoms in total. The molecule has 0 saturated carbocycles. The fourth-order valence-electron chi connectivity index (χ4n) is 1.98. The molecule has 0 fully saturated rings. The fourth-order valence-corrected chi connectivity index (χ4v) is 6.69. The zero-order valence-corrected chi connectivity index (χ0v) is 18.3. The molecule has 0 amide bonds. The summed E-state index contributed by atoms with van der Waals surface area (Å²) >= 11 is 13.5. The molecule has 120 valence electrons. The normalized spacial score (nSPS) is 20.2. The molecule has 2 aliphatic rings. The van der Waals surface area contributed by atoms with E-state index in [1.165, 1.54) is 8.47 Å². The third-order valence-corrected chi connectivity index (χ3v) is 9.01. The van der Waals surface area contributed by atoms with E-state index in [9.17, 15) is 0 Å². The van der Waals surface area contributed by atoms with Gasteiger partial charge < -0.3 is 0 Å². The molecule has 8 heteroatoms. The Labute approximate surface area is 174 Å². The van der Waals surface area contributed by atoms with Gasteiger partial charge in [0.15, 0.2) is 0 Å². The van der Waals surface area contributed by atoms with Gasteiger partial charge >= 0.3 is 0 Å². The Morgan fingerprint density at radius 1 is 0.583 bits per heavy atom. The number of benzene rings is 2. The minimum absolute atomic E-state index is 1.05. The molecule has 0 aromatic heterocycles. The van der Waals surface area contributed by atoms with Crippen molar-refractivity contribution in [2.75, 3.05) is 0 Å². The Morgan fingerprint density at radius 2 is 0.958 bits per heavy atom. The first-order valence-corrected chi connectivity index (χ1v) is 11.6. The van der Waals surface area contributed by atoms with E-state index in [1.54, 1.807) is 47.4 Å². The van der Waals surface area contributed by atoms with E-state index in [1.807, 2.05) is 24.3 Å². The smallest absolute Gasteiger partial charge is 0.117 e. The first-order chi connectivity index (χ1) is 11.7. The molecule has 4 rings (SSSR count). The van der Waals surface area contributed by atoms with Crippen LogP contribution in [0.4, 0.5) is 0 Å². The molecule has 0 spiro atoms. The molecule has 2 aliphatic heterocycles. The largest absolute Gasteiger partial charge is 0.203 e. The van der Waals surface area contributed by atoms with Crippen molar-refractivity contribution >= 4 is 89.4 Å². The topological polar surface area (TPSA) is 24.7 Å². The van der Waals surface area contributed by atoms with Crippen molar-refractivity contribution in [3.63, 3.8) is 0 Å². The third kappa shape index (κ3) is 3.83. The van der Waals surface area contributed by atoms with Crippen LogP contribution in [-0.2, 0) is 0 Å². The lowest BCUT2D eigenvalue weighted by atomic mass is 10.2. The van der Waals surface area contributed by atoms with Crippen LogP contribution in [0.2, 0.25) is 0 Å². The van der Waals surface area contributed by atoms with E-state index in [0.29, 0.717) is 0 Å². The molecule has 0 atom stereocenters. The standard InChI is InChI=1S/C16H8Br2N2S4/c17-11-5-1-9(2-6-11)13-19-23-15(21-13)16-22-14(20-24-16)10-3-7-12(18)8-4-10/h1-8H/b16-15-. The highest BCUT2D eigenvalue weighted by Gasteiger charge is 2.25. The maximum absolute atomic E-state index is 4.61. The van der Waals surface area contributed by atoms with Crippen LogP contribution in [0.1, 0.15) is 11.1 Å². The summed E-state index contributed by atoms with van der Waals surface area (Å²) in [6.07, 6.45) is 0. The minimum Gasteiger partial charge on any atom is -0.203 e. The number of hydrogen-bond donors (Lipinski definition) is 0. The molecule has 0 N–H and O–H groups in total. The summed E-state index contributed by atoms with van der Waals surface area (Å²) in [6, 6.07) is 16.5. The van der Waals surface area contributed by atoms with Crippen molar-refractivity contribution in [3.05, 3.63) is 77.1 Å². The molecule has 2 aromatic carbocycles. The van der Waals surface area contributed by atoms with Crippen LogP contribution >= 0.6 is 79.3 Å². The highest BCUT2D eigenvalue weighted by atomic mass is 79.9. The minimum atomic E-state index is 1.05. The van der Waals surface area contributed by atoms with Crippen LogP contribution in [0.3, 0.4) is 0 Å². The zero-order valence-electron chi connectivity index (χ0n) is 11.9. The summed E-state index contributed by atoms with van der Waals surface area (Å²) in [7, 11) is 0. The van der Waals surface area contributed by atoms with Crippen LogP contribution < -0.4 is 0 Å². The summed E-state index contributed by atoms with van der Waals surface area (Å²) in [6.45, 7) is 0. The lowest BCUT2D eigenvalue weighted by molar-refractivity contribution is 1.62. The van der Waals surface area contributed by atoms with E-state index in [0.717, 1.165) is 30.2 Å². The number of thioether (sulfide) groups is 2. The van der Waals surface area contributed by atoms with Gasteiger partial charge in [-0.1, -0.05) is 79.6 Å². The molecule has 0 radical (unpaired) electrons. The first kappa shape index (κ1) is 17.3. The maximum Gasteiger partial charge on any atom is 0.117 e. The maximum atomic E-state index is 4.61. The molecule has 24 heavy (non-hydrogen) atoms. The summed E-state index contributed by atoms with van der Waals surface area (Å²) in [4.78, 5) is 0. The van der Waals surface area contributed by atoms with Crippen molar-refractivity contribution in [1.82, 2.24) is 0 Å². The predicted octanol–water partition coefficient (Wildman–Crippen LogP) is 7.32. The second-order valence-electron chi connectivity index (χ2n) is 4.77. The Hall–Kier alpha value is -0.120. The number of nitrogens with zero attached hydrogens (tertiary/aromatic N) is 2. The fraction of sp³-hybridized carbons (Fsp3) is 0. The molecule has 0 aliphatic carbocycles. The lowest BCUT2D eigenvalue weighted by Gasteiger charge is -2.01. The summed E-state index contributed by atoms with van der Waals surface area (Å²) in [5, 5.41) is 2.10. The molecule has 0 bridgehead atoms. The first-order valence-electron chi connectivity index (χ1n) is 6.81. The van der Waals surface area contributed by atoms with E-state index < -0.39 is 0 Å². The van der Waals surface area contributed by atoms with Gasteiger partial charge in [0.2, 0.25) is 0 Å².